The van der Waals surface area contributed by atoms with Crippen molar-refractivity contribution in [1.82, 2.24) is 0 Å². The largest absolute Gasteiger partial charge is 0.0839 e. The lowest BCUT2D eigenvalue weighted by atomic mass is 9.70. The van der Waals surface area contributed by atoms with Gasteiger partial charge in [-0.25, -0.2) is 0 Å². The zero-order chi connectivity index (χ0) is 30.2. The molecule has 0 aromatic heterocycles. The van der Waals surface area contributed by atoms with E-state index in [4.69, 9.17) is 0 Å². The Balaban J connectivity index is 1.42. The molecule has 0 aliphatic heterocycles. The van der Waals surface area contributed by atoms with Crippen LogP contribution in [0, 0.1) is 25.2 Å². The van der Waals surface area contributed by atoms with Crippen molar-refractivity contribution in [3.05, 3.63) is 138 Å². The second-order valence-electron chi connectivity index (χ2n) is 13.8. The Labute approximate surface area is 261 Å². The lowest BCUT2D eigenvalue weighted by Crippen LogP contribution is -2.22. The van der Waals surface area contributed by atoms with Crippen molar-refractivity contribution in [2.45, 2.75) is 41.0 Å². The van der Waals surface area contributed by atoms with E-state index >= 15 is 0 Å². The minimum atomic E-state index is 0.192. The highest BCUT2D eigenvalue weighted by atomic mass is 14.4. The van der Waals surface area contributed by atoms with Gasteiger partial charge in [0.05, 0.1) is 0 Å². The van der Waals surface area contributed by atoms with Crippen LogP contribution in [0.25, 0.3) is 71.6 Å². The van der Waals surface area contributed by atoms with Gasteiger partial charge in [0.1, 0.15) is 0 Å². The maximum Gasteiger partial charge on any atom is -0.00202 e. The molecule has 44 heavy (non-hydrogen) atoms. The van der Waals surface area contributed by atoms with Gasteiger partial charge in [0.15, 0.2) is 0 Å². The number of benzene rings is 6. The van der Waals surface area contributed by atoms with Crippen LogP contribution in [-0.4, -0.2) is 0 Å². The predicted molar refractivity (Wildman–Crippen MR) is 191 cm³/mol. The standard InChI is InChI=1S/C44H38/c1-27-13-6-8-15-29(27)31-21-22-32(30-16-9-7-14-28(30)2)39-26-41-37-24-23-33(34-17-10-11-20-42(34)44(3,4)5)35-18-12-19-36(43(35)37)40(41)25-38(31)39/h6-19,21-26,42H,20H2,1-5H3. The molecule has 0 spiro atoms. The highest BCUT2D eigenvalue weighted by Crippen LogP contribution is 2.53. The van der Waals surface area contributed by atoms with Crippen molar-refractivity contribution in [3.8, 4) is 44.5 Å². The summed E-state index contributed by atoms with van der Waals surface area (Å²) in [4.78, 5) is 0. The van der Waals surface area contributed by atoms with Crippen LogP contribution < -0.4 is 0 Å². The molecule has 0 saturated carbocycles. The van der Waals surface area contributed by atoms with Crippen LogP contribution in [0.2, 0.25) is 0 Å². The fourth-order valence-electron chi connectivity index (χ4n) is 7.89. The maximum absolute atomic E-state index is 2.49. The summed E-state index contributed by atoms with van der Waals surface area (Å²) in [6, 6.07) is 39.0. The third kappa shape index (κ3) is 4.05. The first kappa shape index (κ1) is 26.9. The van der Waals surface area contributed by atoms with Gasteiger partial charge in [-0.15, -0.1) is 0 Å². The topological polar surface area (TPSA) is 0 Å². The highest BCUT2D eigenvalue weighted by Gasteiger charge is 2.31. The van der Waals surface area contributed by atoms with Crippen molar-refractivity contribution in [2.24, 2.45) is 11.3 Å². The quantitative estimate of drug-likeness (QED) is 0.199. The summed E-state index contributed by atoms with van der Waals surface area (Å²) in [5.74, 6) is 0.490. The van der Waals surface area contributed by atoms with Gasteiger partial charge in [-0.05, 0) is 132 Å². The van der Waals surface area contributed by atoms with Crippen molar-refractivity contribution in [3.63, 3.8) is 0 Å². The van der Waals surface area contributed by atoms with Crippen LogP contribution in [0.4, 0.5) is 0 Å². The SMILES string of the molecule is Cc1ccccc1-c1ccc(-c2ccccc2C)c2cc3c(cc12)-c1cccc2c(C4=CC=CCC4C(C)(C)C)ccc-3c12. The molecule has 1 unspecified atom stereocenters. The molecule has 6 aromatic carbocycles. The second-order valence-corrected chi connectivity index (χ2v) is 13.8. The van der Waals surface area contributed by atoms with Crippen molar-refractivity contribution in [2.75, 3.05) is 0 Å². The molecule has 8 rings (SSSR count). The van der Waals surface area contributed by atoms with E-state index in [0.717, 1.165) is 6.42 Å². The Kier molecular flexibility index (Phi) is 6.07. The molecule has 0 radical (unpaired) electrons. The number of hydrogen-bond donors (Lipinski definition) is 0. The van der Waals surface area contributed by atoms with Crippen LogP contribution in [0.5, 0.6) is 0 Å². The van der Waals surface area contributed by atoms with Gasteiger partial charge in [-0.1, -0.05) is 130 Å². The molecule has 0 amide bonds. The zero-order valence-corrected chi connectivity index (χ0v) is 26.3. The molecular formula is C44H38. The molecule has 6 aromatic rings. The maximum atomic E-state index is 2.49. The van der Waals surface area contributed by atoms with Crippen LogP contribution in [0.3, 0.4) is 0 Å². The van der Waals surface area contributed by atoms with Crippen molar-refractivity contribution in [1.29, 1.82) is 0 Å². The van der Waals surface area contributed by atoms with Gasteiger partial charge in [-0.2, -0.15) is 0 Å². The van der Waals surface area contributed by atoms with Gasteiger partial charge in [0.25, 0.3) is 0 Å². The molecule has 2 aliphatic carbocycles. The number of allylic oxidation sites excluding steroid dienone is 4. The van der Waals surface area contributed by atoms with Crippen LogP contribution >= 0.6 is 0 Å². The predicted octanol–water partition coefficient (Wildman–Crippen LogP) is 12.6. The summed E-state index contributed by atoms with van der Waals surface area (Å²) in [6.45, 7) is 11.6. The molecule has 0 nitrogen and oxygen atoms in total. The van der Waals surface area contributed by atoms with Crippen LogP contribution in [-0.2, 0) is 0 Å². The van der Waals surface area contributed by atoms with Crippen molar-refractivity contribution >= 4 is 27.1 Å². The number of fused-ring (bicyclic) bond motifs is 4. The Morgan fingerprint density at radius 2 is 1.02 bits per heavy atom. The van der Waals surface area contributed by atoms with E-state index in [9.17, 15) is 0 Å². The molecule has 1 atom stereocenters. The third-order valence-corrected chi connectivity index (χ3v) is 10.2. The smallest absolute Gasteiger partial charge is 0.00202 e. The van der Waals surface area contributed by atoms with Crippen molar-refractivity contribution < 1.29 is 0 Å². The monoisotopic (exact) mass is 566 g/mol. The van der Waals surface area contributed by atoms with Gasteiger partial charge < -0.3 is 0 Å². The molecular weight excluding hydrogens is 528 g/mol. The average Bonchev–Trinajstić information content (AvgIpc) is 3.34. The minimum Gasteiger partial charge on any atom is -0.0839 e. The van der Waals surface area contributed by atoms with E-state index in [1.165, 1.54) is 88.3 Å². The first-order valence-electron chi connectivity index (χ1n) is 16.0. The summed E-state index contributed by atoms with van der Waals surface area (Å²) in [5, 5.41) is 5.40. The Bertz CT molecular complexity index is 2100. The zero-order valence-electron chi connectivity index (χ0n) is 26.3. The van der Waals surface area contributed by atoms with Crippen LogP contribution in [0.15, 0.2) is 121 Å². The number of hydrogen-bond acceptors (Lipinski definition) is 0. The molecule has 0 bridgehead atoms. The lowest BCUT2D eigenvalue weighted by molar-refractivity contribution is 0.304. The summed E-state index contributed by atoms with van der Waals surface area (Å²) in [6.07, 6.45) is 8.04. The van der Waals surface area contributed by atoms with E-state index in [0.29, 0.717) is 5.92 Å². The Morgan fingerprint density at radius 1 is 0.500 bits per heavy atom. The summed E-state index contributed by atoms with van der Waals surface area (Å²) < 4.78 is 0. The highest BCUT2D eigenvalue weighted by molar-refractivity contribution is 6.21. The van der Waals surface area contributed by atoms with E-state index in [2.05, 4.69) is 156 Å². The van der Waals surface area contributed by atoms with Gasteiger partial charge in [-0.3, -0.25) is 0 Å². The summed E-state index contributed by atoms with van der Waals surface area (Å²) >= 11 is 0. The van der Waals surface area contributed by atoms with E-state index in [-0.39, 0.29) is 5.41 Å². The van der Waals surface area contributed by atoms with Crippen LogP contribution in [0.1, 0.15) is 43.9 Å². The molecule has 0 fully saturated rings. The summed E-state index contributed by atoms with van der Waals surface area (Å²) in [7, 11) is 0. The summed E-state index contributed by atoms with van der Waals surface area (Å²) in [5.41, 5.74) is 16.2. The molecule has 0 heteroatoms. The Hall–Kier alpha value is -4.68. The first-order valence-corrected chi connectivity index (χ1v) is 16.0. The fourth-order valence-corrected chi connectivity index (χ4v) is 7.89. The molecule has 0 N–H and O–H groups in total. The molecule has 214 valence electrons. The van der Waals surface area contributed by atoms with E-state index < -0.39 is 0 Å². The first-order chi connectivity index (χ1) is 21.3. The molecule has 0 saturated heterocycles. The molecule has 0 heterocycles. The van der Waals surface area contributed by atoms with Gasteiger partial charge in [0.2, 0.25) is 0 Å². The van der Waals surface area contributed by atoms with Gasteiger partial charge >= 0.3 is 0 Å². The van der Waals surface area contributed by atoms with E-state index in [1.807, 2.05) is 0 Å². The fraction of sp³-hybridized carbons (Fsp3) is 0.182. The third-order valence-electron chi connectivity index (χ3n) is 10.2. The molecule has 2 aliphatic rings. The lowest BCUT2D eigenvalue weighted by Gasteiger charge is -2.34. The van der Waals surface area contributed by atoms with Gasteiger partial charge in [0, 0.05) is 0 Å². The number of rotatable bonds is 3. The normalized spacial score (nSPS) is 15.6. The second kappa shape index (κ2) is 9.93. The number of aryl methyl sites for hydroxylation is 2. The Morgan fingerprint density at radius 3 is 1.61 bits per heavy atom. The minimum absolute atomic E-state index is 0.192. The average molecular weight is 567 g/mol. The van der Waals surface area contributed by atoms with E-state index in [1.54, 1.807) is 0 Å².